The fourth-order valence-corrected chi connectivity index (χ4v) is 4.46. The van der Waals surface area contributed by atoms with E-state index in [9.17, 15) is 4.79 Å². The molecule has 0 saturated carbocycles. The molecule has 6 nitrogen and oxygen atoms in total. The number of pyridine rings is 1. The molecule has 0 radical (unpaired) electrons. The third-order valence-electron chi connectivity index (χ3n) is 5.83. The van der Waals surface area contributed by atoms with Crippen molar-refractivity contribution >= 4 is 46.2 Å². The van der Waals surface area contributed by atoms with Gasteiger partial charge in [0.05, 0.1) is 22.4 Å². The van der Waals surface area contributed by atoms with Crippen LogP contribution in [0, 0.1) is 12.8 Å². The number of anilines is 2. The number of hydrogen-bond acceptors (Lipinski definition) is 3. The molecule has 1 aliphatic heterocycles. The number of hydrogen-bond donors (Lipinski definition) is 2. The summed E-state index contributed by atoms with van der Waals surface area (Å²) in [5, 5.41) is 7.39. The molecule has 3 aromatic rings. The van der Waals surface area contributed by atoms with E-state index in [0.29, 0.717) is 15.8 Å². The van der Waals surface area contributed by atoms with Crippen LogP contribution in [0.5, 0.6) is 0 Å². The van der Waals surface area contributed by atoms with Crippen LogP contribution >= 0.6 is 23.8 Å². The number of benzene rings is 1. The highest BCUT2D eigenvalue weighted by Gasteiger charge is 2.42. The van der Waals surface area contributed by atoms with Gasteiger partial charge in [0, 0.05) is 36.2 Å². The second-order valence-electron chi connectivity index (χ2n) is 8.26. The highest BCUT2D eigenvalue weighted by atomic mass is 35.5. The summed E-state index contributed by atoms with van der Waals surface area (Å²) in [6.45, 7) is 5.76. The summed E-state index contributed by atoms with van der Waals surface area (Å²) < 4.78 is 2.17. The van der Waals surface area contributed by atoms with Crippen molar-refractivity contribution in [2.45, 2.75) is 32.9 Å². The molecule has 0 spiro atoms. The minimum Gasteiger partial charge on any atom is -0.351 e. The first-order valence-corrected chi connectivity index (χ1v) is 11.3. The molecule has 8 heteroatoms. The Morgan fingerprint density at radius 3 is 2.59 bits per heavy atom. The maximum atomic E-state index is 12.1. The van der Waals surface area contributed by atoms with E-state index < -0.39 is 0 Å². The molecule has 0 bridgehead atoms. The maximum absolute atomic E-state index is 12.1. The number of carbonyl (C=O) groups excluding carboxylic acids is 1. The van der Waals surface area contributed by atoms with Gasteiger partial charge in [-0.25, -0.2) is 0 Å². The third kappa shape index (κ3) is 4.10. The summed E-state index contributed by atoms with van der Waals surface area (Å²) in [6, 6.07) is 15.4. The van der Waals surface area contributed by atoms with Gasteiger partial charge in [0.25, 0.3) is 0 Å². The summed E-state index contributed by atoms with van der Waals surface area (Å²) >= 11 is 12.3. The monoisotopic (exact) mass is 467 g/mol. The Hall–Kier alpha value is -2.90. The number of thiocarbonyl (C=S) groups is 1. The molecule has 4 rings (SSSR count). The zero-order chi connectivity index (χ0) is 23.0. The summed E-state index contributed by atoms with van der Waals surface area (Å²) in [5.41, 5.74) is 4.60. The number of carbonyl (C=O) groups is 1. The number of nitrogens with one attached hydrogen (secondary N) is 2. The molecule has 32 heavy (non-hydrogen) atoms. The molecule has 1 aromatic carbocycles. The Balaban J connectivity index is 1.76. The highest BCUT2D eigenvalue weighted by molar-refractivity contribution is 7.80. The van der Waals surface area contributed by atoms with Crippen molar-refractivity contribution in [2.75, 3.05) is 10.2 Å². The van der Waals surface area contributed by atoms with Gasteiger partial charge >= 0.3 is 0 Å². The number of halogens is 1. The van der Waals surface area contributed by atoms with Crippen LogP contribution < -0.4 is 15.5 Å². The Morgan fingerprint density at radius 2 is 2.00 bits per heavy atom. The summed E-state index contributed by atoms with van der Waals surface area (Å²) in [6.07, 6.45) is 1.79. The van der Waals surface area contributed by atoms with Crippen molar-refractivity contribution in [1.29, 1.82) is 0 Å². The van der Waals surface area contributed by atoms with E-state index in [2.05, 4.69) is 51.2 Å². The molecule has 1 fully saturated rings. The lowest BCUT2D eigenvalue weighted by atomic mass is 10.0. The molecule has 166 valence electrons. The standard InChI is InChI=1S/C24H26ClN5OS/c1-14(2)23(31)27-18-10-9-16(13-17(18)25)30-22(20-11-8-15(3)29(20)4)21(28-24(30)32)19-7-5-6-12-26-19/h5-14,21-22H,1-4H3,(H,27,31)(H,28,32). The van der Waals surface area contributed by atoms with E-state index in [1.807, 2.05) is 50.2 Å². The van der Waals surface area contributed by atoms with Gasteiger partial charge in [-0.15, -0.1) is 0 Å². The van der Waals surface area contributed by atoms with Crippen LogP contribution in [0.2, 0.25) is 5.02 Å². The predicted molar refractivity (Wildman–Crippen MR) is 133 cm³/mol. The van der Waals surface area contributed by atoms with Crippen molar-refractivity contribution in [3.8, 4) is 0 Å². The van der Waals surface area contributed by atoms with E-state index in [4.69, 9.17) is 23.8 Å². The Morgan fingerprint density at radius 1 is 1.22 bits per heavy atom. The Bertz CT molecular complexity index is 1160. The first-order chi connectivity index (χ1) is 15.3. The van der Waals surface area contributed by atoms with Crippen LogP contribution in [0.3, 0.4) is 0 Å². The average molecular weight is 468 g/mol. The van der Waals surface area contributed by atoms with Crippen LogP contribution in [0.1, 0.15) is 43.0 Å². The Kier molecular flexibility index (Phi) is 6.22. The SMILES string of the molecule is Cc1ccc(C2C(c3ccccn3)NC(=S)N2c2ccc(NC(=O)C(C)C)c(Cl)c2)n1C. The lowest BCUT2D eigenvalue weighted by molar-refractivity contribution is -0.118. The van der Waals surface area contributed by atoms with Crippen molar-refractivity contribution < 1.29 is 4.79 Å². The van der Waals surface area contributed by atoms with Crippen molar-refractivity contribution in [1.82, 2.24) is 14.9 Å². The first kappa shape index (κ1) is 22.3. The summed E-state index contributed by atoms with van der Waals surface area (Å²) in [4.78, 5) is 18.8. The molecule has 2 N–H and O–H groups in total. The smallest absolute Gasteiger partial charge is 0.226 e. The van der Waals surface area contributed by atoms with Crippen LogP contribution in [-0.4, -0.2) is 20.6 Å². The van der Waals surface area contributed by atoms with Gasteiger partial charge in [0.1, 0.15) is 6.04 Å². The number of nitrogens with zero attached hydrogens (tertiary/aromatic N) is 3. The van der Waals surface area contributed by atoms with E-state index in [1.54, 1.807) is 6.20 Å². The second kappa shape index (κ2) is 8.92. The fourth-order valence-electron chi connectivity index (χ4n) is 3.90. The van der Waals surface area contributed by atoms with Crippen molar-refractivity contribution in [3.05, 3.63) is 76.8 Å². The van der Waals surface area contributed by atoms with Crippen LogP contribution in [0.15, 0.2) is 54.7 Å². The van der Waals surface area contributed by atoms with Crippen molar-refractivity contribution in [3.63, 3.8) is 0 Å². The topological polar surface area (TPSA) is 62.2 Å². The van der Waals surface area contributed by atoms with Gasteiger partial charge in [-0.1, -0.05) is 31.5 Å². The number of aromatic nitrogens is 2. The van der Waals surface area contributed by atoms with Gasteiger partial charge in [0.2, 0.25) is 5.91 Å². The normalized spacial score (nSPS) is 18.2. The molecular formula is C24H26ClN5OS. The van der Waals surface area contributed by atoms with Crippen LogP contribution in [0.4, 0.5) is 11.4 Å². The molecular weight excluding hydrogens is 442 g/mol. The molecule has 2 atom stereocenters. The highest BCUT2D eigenvalue weighted by Crippen LogP contribution is 2.43. The van der Waals surface area contributed by atoms with Crippen LogP contribution in [0.25, 0.3) is 0 Å². The molecule has 1 saturated heterocycles. The maximum Gasteiger partial charge on any atom is 0.226 e. The van der Waals surface area contributed by atoms with E-state index >= 15 is 0 Å². The minimum atomic E-state index is -0.134. The zero-order valence-corrected chi connectivity index (χ0v) is 20.0. The summed E-state index contributed by atoms with van der Waals surface area (Å²) in [7, 11) is 2.05. The quantitative estimate of drug-likeness (QED) is 0.508. The number of amides is 1. The lowest BCUT2D eigenvalue weighted by Crippen LogP contribution is -2.30. The van der Waals surface area contributed by atoms with Gasteiger partial charge < -0.3 is 20.1 Å². The Labute approximate surface area is 198 Å². The number of aryl methyl sites for hydroxylation is 1. The van der Waals surface area contributed by atoms with Gasteiger partial charge in [-0.05, 0) is 61.6 Å². The van der Waals surface area contributed by atoms with Crippen molar-refractivity contribution in [2.24, 2.45) is 13.0 Å². The van der Waals surface area contributed by atoms with Gasteiger partial charge in [-0.2, -0.15) is 0 Å². The third-order valence-corrected chi connectivity index (χ3v) is 6.45. The molecule has 0 aliphatic carbocycles. The molecule has 3 heterocycles. The van der Waals surface area contributed by atoms with Gasteiger partial charge in [0.15, 0.2) is 5.11 Å². The largest absolute Gasteiger partial charge is 0.351 e. The van der Waals surface area contributed by atoms with E-state index in [1.165, 1.54) is 0 Å². The second-order valence-corrected chi connectivity index (χ2v) is 9.06. The number of rotatable bonds is 5. The first-order valence-electron chi connectivity index (χ1n) is 10.5. The van der Waals surface area contributed by atoms with Gasteiger partial charge in [-0.3, -0.25) is 9.78 Å². The predicted octanol–water partition coefficient (Wildman–Crippen LogP) is 5.15. The average Bonchev–Trinajstić information content (AvgIpc) is 3.28. The minimum absolute atomic E-state index is 0.0783. The molecule has 2 unspecified atom stereocenters. The van der Waals surface area contributed by atoms with E-state index in [0.717, 1.165) is 22.8 Å². The lowest BCUT2D eigenvalue weighted by Gasteiger charge is -2.29. The van der Waals surface area contributed by atoms with Crippen LogP contribution in [-0.2, 0) is 11.8 Å². The molecule has 1 aliphatic rings. The molecule has 1 amide bonds. The van der Waals surface area contributed by atoms with E-state index in [-0.39, 0.29) is 23.9 Å². The molecule has 2 aromatic heterocycles. The summed E-state index contributed by atoms with van der Waals surface area (Å²) in [5.74, 6) is -0.212. The fraction of sp³-hybridized carbons (Fsp3) is 0.292. The zero-order valence-electron chi connectivity index (χ0n) is 18.5.